The van der Waals surface area contributed by atoms with Crippen LogP contribution in [0.3, 0.4) is 0 Å². The smallest absolute Gasteiger partial charge is 0.337 e. The molecule has 7 heteroatoms. The minimum atomic E-state index is -1.16. The van der Waals surface area contributed by atoms with E-state index in [-0.39, 0.29) is 22.2 Å². The third-order valence-electron chi connectivity index (χ3n) is 2.06. The van der Waals surface area contributed by atoms with E-state index in [0.717, 1.165) is 0 Å². The molecule has 0 saturated carbocycles. The van der Waals surface area contributed by atoms with Gasteiger partial charge in [-0.3, -0.25) is 4.57 Å². The molecule has 0 amide bonds. The molecule has 0 unspecified atom stereocenters. The molecular weight excluding hydrogens is 244 g/mol. The number of hydrogen-bond acceptors (Lipinski definition) is 4. The average Bonchev–Trinajstić information content (AvgIpc) is 2.77. The van der Waals surface area contributed by atoms with Gasteiger partial charge in [0.2, 0.25) is 5.82 Å². The molecule has 0 bridgehead atoms. The summed E-state index contributed by atoms with van der Waals surface area (Å²) in [5.41, 5.74) is -0.0748. The van der Waals surface area contributed by atoms with Crippen molar-refractivity contribution >= 4 is 17.6 Å². The Morgan fingerprint density at radius 1 is 1.53 bits per heavy atom. The van der Waals surface area contributed by atoms with E-state index in [1.165, 1.54) is 29.2 Å². The van der Waals surface area contributed by atoms with Crippen molar-refractivity contribution in [3.63, 3.8) is 0 Å². The Hall–Kier alpha value is -2.39. The first kappa shape index (κ1) is 11.1. The van der Waals surface area contributed by atoms with Crippen molar-refractivity contribution < 1.29 is 9.90 Å². The van der Waals surface area contributed by atoms with Crippen LogP contribution >= 0.6 is 11.6 Å². The SMILES string of the molecule is N#Cc1nccn1-c1cc(C(=O)O)c(Cl)cn1. The summed E-state index contributed by atoms with van der Waals surface area (Å²) in [5.74, 6) is -0.755. The van der Waals surface area contributed by atoms with E-state index in [2.05, 4.69) is 9.97 Å². The Morgan fingerprint density at radius 3 is 2.94 bits per heavy atom. The Kier molecular flexibility index (Phi) is 2.77. The molecule has 0 aliphatic heterocycles. The number of carbonyl (C=O) groups is 1. The number of imidazole rings is 1. The molecule has 0 radical (unpaired) electrons. The van der Waals surface area contributed by atoms with E-state index >= 15 is 0 Å². The molecule has 2 rings (SSSR count). The van der Waals surface area contributed by atoms with Crippen molar-refractivity contribution in [2.24, 2.45) is 0 Å². The van der Waals surface area contributed by atoms with E-state index < -0.39 is 5.97 Å². The lowest BCUT2D eigenvalue weighted by Crippen LogP contribution is -2.04. The molecule has 84 valence electrons. The molecule has 0 fully saturated rings. The van der Waals surface area contributed by atoms with Crippen molar-refractivity contribution in [1.82, 2.24) is 14.5 Å². The zero-order chi connectivity index (χ0) is 12.4. The van der Waals surface area contributed by atoms with Gasteiger partial charge in [0.15, 0.2) is 0 Å². The quantitative estimate of drug-likeness (QED) is 0.869. The monoisotopic (exact) mass is 248 g/mol. The maximum absolute atomic E-state index is 10.9. The van der Waals surface area contributed by atoms with Gasteiger partial charge in [0, 0.05) is 18.6 Å². The molecule has 2 heterocycles. The van der Waals surface area contributed by atoms with Crippen LogP contribution in [-0.2, 0) is 0 Å². The summed E-state index contributed by atoms with van der Waals surface area (Å²) in [7, 11) is 0. The summed E-state index contributed by atoms with van der Waals surface area (Å²) < 4.78 is 1.38. The van der Waals surface area contributed by atoms with Crippen molar-refractivity contribution in [2.75, 3.05) is 0 Å². The Morgan fingerprint density at radius 2 is 2.29 bits per heavy atom. The summed E-state index contributed by atoms with van der Waals surface area (Å²) in [5, 5.41) is 17.8. The number of nitrogens with zero attached hydrogens (tertiary/aromatic N) is 4. The van der Waals surface area contributed by atoms with Gasteiger partial charge >= 0.3 is 5.97 Å². The molecule has 2 aromatic rings. The van der Waals surface area contributed by atoms with Crippen LogP contribution in [0.25, 0.3) is 5.82 Å². The molecular formula is C10H5ClN4O2. The highest BCUT2D eigenvalue weighted by atomic mass is 35.5. The maximum atomic E-state index is 10.9. The average molecular weight is 249 g/mol. The lowest BCUT2D eigenvalue weighted by molar-refractivity contribution is 0.0697. The van der Waals surface area contributed by atoms with Crippen LogP contribution in [0.4, 0.5) is 0 Å². The topological polar surface area (TPSA) is 91.8 Å². The lowest BCUT2D eigenvalue weighted by atomic mass is 10.2. The Bertz CT molecular complexity index is 629. The number of aromatic nitrogens is 3. The van der Waals surface area contributed by atoms with Crippen LogP contribution in [0.5, 0.6) is 0 Å². The van der Waals surface area contributed by atoms with Crippen molar-refractivity contribution in [2.45, 2.75) is 0 Å². The first-order valence-electron chi connectivity index (χ1n) is 4.46. The van der Waals surface area contributed by atoms with Crippen LogP contribution in [0, 0.1) is 11.3 Å². The molecule has 6 nitrogen and oxygen atoms in total. The van der Waals surface area contributed by atoms with Crippen molar-refractivity contribution in [1.29, 1.82) is 5.26 Å². The number of carboxylic acids is 1. The zero-order valence-electron chi connectivity index (χ0n) is 8.33. The molecule has 0 saturated heterocycles. The molecule has 0 atom stereocenters. The third kappa shape index (κ3) is 1.96. The summed E-state index contributed by atoms with van der Waals surface area (Å²) in [6.07, 6.45) is 4.16. The molecule has 1 N–H and O–H groups in total. The number of rotatable bonds is 2. The van der Waals surface area contributed by atoms with Gasteiger partial charge in [-0.15, -0.1) is 0 Å². The highest BCUT2D eigenvalue weighted by Gasteiger charge is 2.12. The second-order valence-electron chi connectivity index (χ2n) is 3.06. The van der Waals surface area contributed by atoms with Crippen LogP contribution in [-0.4, -0.2) is 25.6 Å². The lowest BCUT2D eigenvalue weighted by Gasteiger charge is -2.04. The van der Waals surface area contributed by atoms with E-state index in [0.29, 0.717) is 0 Å². The van der Waals surface area contributed by atoms with Gasteiger partial charge in [0.1, 0.15) is 11.9 Å². The minimum absolute atomic E-state index is 0.0415. The summed E-state index contributed by atoms with van der Waals surface area (Å²) in [6, 6.07) is 3.15. The first-order chi connectivity index (χ1) is 8.13. The first-order valence-corrected chi connectivity index (χ1v) is 4.84. The molecule has 17 heavy (non-hydrogen) atoms. The third-order valence-corrected chi connectivity index (χ3v) is 2.36. The number of carboxylic acid groups (broad SMARTS) is 1. The standard InChI is InChI=1S/C10H5ClN4O2/c11-7-5-14-8(3-6(7)10(16)17)15-2-1-13-9(15)4-12/h1-3,5H,(H,16,17). The van der Waals surface area contributed by atoms with Gasteiger partial charge in [-0.05, 0) is 6.07 Å². The van der Waals surface area contributed by atoms with Gasteiger partial charge in [-0.2, -0.15) is 5.26 Å². The summed E-state index contributed by atoms with van der Waals surface area (Å²) in [4.78, 5) is 18.6. The highest BCUT2D eigenvalue weighted by molar-refractivity contribution is 6.33. The second-order valence-corrected chi connectivity index (χ2v) is 3.47. The number of halogens is 1. The fourth-order valence-corrected chi connectivity index (χ4v) is 1.48. The van der Waals surface area contributed by atoms with Crippen LogP contribution in [0.1, 0.15) is 16.2 Å². The van der Waals surface area contributed by atoms with E-state index in [4.69, 9.17) is 22.0 Å². The predicted octanol–water partition coefficient (Wildman–Crippen LogP) is 1.49. The zero-order valence-corrected chi connectivity index (χ0v) is 9.09. The summed E-state index contributed by atoms with van der Waals surface area (Å²) >= 11 is 5.69. The van der Waals surface area contributed by atoms with E-state index in [9.17, 15) is 4.79 Å². The van der Waals surface area contributed by atoms with E-state index in [1.54, 1.807) is 0 Å². The fourth-order valence-electron chi connectivity index (χ4n) is 1.29. The second kappa shape index (κ2) is 4.23. The number of pyridine rings is 1. The molecule has 0 spiro atoms. The largest absolute Gasteiger partial charge is 0.478 e. The molecule has 2 aromatic heterocycles. The van der Waals surface area contributed by atoms with Crippen LogP contribution < -0.4 is 0 Å². The summed E-state index contributed by atoms with van der Waals surface area (Å²) in [6.45, 7) is 0. The number of hydrogen-bond donors (Lipinski definition) is 1. The number of aromatic carboxylic acids is 1. The van der Waals surface area contributed by atoms with Gasteiger partial charge in [0.25, 0.3) is 0 Å². The Labute approximate surface area is 101 Å². The molecule has 0 aromatic carbocycles. The molecule has 0 aliphatic carbocycles. The van der Waals surface area contributed by atoms with Gasteiger partial charge in [0.05, 0.1) is 10.6 Å². The number of nitriles is 1. The van der Waals surface area contributed by atoms with Crippen molar-refractivity contribution in [3.8, 4) is 11.9 Å². The normalized spacial score (nSPS) is 9.88. The maximum Gasteiger partial charge on any atom is 0.337 e. The van der Waals surface area contributed by atoms with Crippen molar-refractivity contribution in [3.05, 3.63) is 41.1 Å². The predicted molar refractivity (Wildman–Crippen MR) is 58.0 cm³/mol. The van der Waals surface area contributed by atoms with Gasteiger partial charge in [-0.25, -0.2) is 14.8 Å². The molecule has 0 aliphatic rings. The van der Waals surface area contributed by atoms with E-state index in [1.807, 2.05) is 6.07 Å². The fraction of sp³-hybridized carbons (Fsp3) is 0. The van der Waals surface area contributed by atoms with Gasteiger partial charge < -0.3 is 5.11 Å². The van der Waals surface area contributed by atoms with Gasteiger partial charge in [-0.1, -0.05) is 11.6 Å². The highest BCUT2D eigenvalue weighted by Crippen LogP contribution is 2.18. The Balaban J connectivity index is 2.59. The minimum Gasteiger partial charge on any atom is -0.478 e. The van der Waals surface area contributed by atoms with Crippen LogP contribution in [0.2, 0.25) is 5.02 Å². The van der Waals surface area contributed by atoms with Crippen LogP contribution in [0.15, 0.2) is 24.7 Å².